The van der Waals surface area contributed by atoms with E-state index in [1.807, 2.05) is 18.2 Å². The number of hydrogen-bond acceptors (Lipinski definition) is 2. The summed E-state index contributed by atoms with van der Waals surface area (Å²) >= 11 is 0. The Kier molecular flexibility index (Phi) is 4.61. The van der Waals surface area contributed by atoms with Crippen LogP contribution in [0.1, 0.15) is 35.5 Å². The minimum atomic E-state index is -0.00742. The van der Waals surface area contributed by atoms with Crippen LogP contribution < -0.4 is 5.32 Å². The molecule has 1 aromatic heterocycles. The van der Waals surface area contributed by atoms with Gasteiger partial charge in [-0.2, -0.15) is 0 Å². The van der Waals surface area contributed by atoms with E-state index in [4.69, 9.17) is 0 Å². The van der Waals surface area contributed by atoms with Crippen LogP contribution in [0.4, 0.5) is 0 Å². The van der Waals surface area contributed by atoms with Gasteiger partial charge in [-0.3, -0.25) is 4.79 Å². The van der Waals surface area contributed by atoms with Crippen LogP contribution in [0.3, 0.4) is 0 Å². The molecule has 2 rings (SSSR count). The van der Waals surface area contributed by atoms with E-state index in [-0.39, 0.29) is 11.3 Å². The number of aromatic amines is 1. The Morgan fingerprint density at radius 2 is 1.95 bits per heavy atom. The monoisotopic (exact) mass is 301 g/mol. The fraction of sp³-hybridized carbons (Fsp3) is 0.500. The maximum atomic E-state index is 12.4. The van der Waals surface area contributed by atoms with E-state index in [1.54, 1.807) is 0 Å². The summed E-state index contributed by atoms with van der Waals surface area (Å²) in [5.74, 6) is -0.00742. The molecule has 0 atom stereocenters. The Balaban J connectivity index is 2.11. The molecule has 4 nitrogen and oxygen atoms in total. The van der Waals surface area contributed by atoms with Crippen LogP contribution in [0.2, 0.25) is 0 Å². The zero-order chi connectivity index (χ0) is 16.5. The summed E-state index contributed by atoms with van der Waals surface area (Å²) in [6, 6.07) is 5.84. The summed E-state index contributed by atoms with van der Waals surface area (Å²) < 4.78 is 0. The Labute approximate surface area is 132 Å². The molecule has 0 saturated heterocycles. The van der Waals surface area contributed by atoms with Crippen LogP contribution >= 0.6 is 0 Å². The first kappa shape index (κ1) is 16.6. The lowest BCUT2D eigenvalue weighted by Gasteiger charge is -2.28. The lowest BCUT2D eigenvalue weighted by atomic mass is 9.93. The van der Waals surface area contributed by atoms with E-state index in [0.29, 0.717) is 6.54 Å². The van der Waals surface area contributed by atoms with Crippen molar-refractivity contribution in [3.63, 3.8) is 0 Å². The predicted molar refractivity (Wildman–Crippen MR) is 92.4 cm³/mol. The molecule has 2 N–H and O–H groups in total. The SMILES string of the molecule is Cc1[nH]c2ccc(C(=O)NCC(C)(C)CN(C)C)cc2c1C. The lowest BCUT2D eigenvalue weighted by Crippen LogP contribution is -2.39. The molecule has 1 aromatic carbocycles. The van der Waals surface area contributed by atoms with Crippen LogP contribution in [0, 0.1) is 19.3 Å². The molecule has 0 fully saturated rings. The van der Waals surface area contributed by atoms with Gasteiger partial charge < -0.3 is 15.2 Å². The van der Waals surface area contributed by atoms with E-state index >= 15 is 0 Å². The van der Waals surface area contributed by atoms with Crippen LogP contribution in [-0.4, -0.2) is 43.0 Å². The normalized spacial score (nSPS) is 12.1. The Bertz CT molecular complexity index is 683. The highest BCUT2D eigenvalue weighted by Gasteiger charge is 2.20. The highest BCUT2D eigenvalue weighted by Crippen LogP contribution is 2.22. The topological polar surface area (TPSA) is 48.1 Å². The number of nitrogens with one attached hydrogen (secondary N) is 2. The number of hydrogen-bond donors (Lipinski definition) is 2. The van der Waals surface area contributed by atoms with Crippen molar-refractivity contribution in [2.45, 2.75) is 27.7 Å². The molecule has 1 heterocycles. The second-order valence-corrected chi connectivity index (χ2v) is 7.22. The van der Waals surface area contributed by atoms with Crippen molar-refractivity contribution in [3.05, 3.63) is 35.0 Å². The van der Waals surface area contributed by atoms with Crippen LogP contribution in [-0.2, 0) is 0 Å². The second kappa shape index (κ2) is 6.13. The maximum absolute atomic E-state index is 12.4. The highest BCUT2D eigenvalue weighted by atomic mass is 16.1. The third kappa shape index (κ3) is 3.69. The zero-order valence-electron chi connectivity index (χ0n) is 14.5. The first-order valence-electron chi connectivity index (χ1n) is 7.71. The molecule has 0 aliphatic rings. The van der Waals surface area contributed by atoms with E-state index in [9.17, 15) is 4.79 Å². The molecular formula is C18H27N3O. The van der Waals surface area contributed by atoms with Crippen molar-refractivity contribution >= 4 is 16.8 Å². The molecule has 0 spiro atoms. The van der Waals surface area contributed by atoms with E-state index in [1.165, 1.54) is 5.56 Å². The Hall–Kier alpha value is -1.81. The van der Waals surface area contributed by atoms with Crippen LogP contribution in [0.5, 0.6) is 0 Å². The predicted octanol–water partition coefficient (Wildman–Crippen LogP) is 3.10. The Morgan fingerprint density at radius 1 is 1.27 bits per heavy atom. The van der Waals surface area contributed by atoms with Gasteiger partial charge in [-0.05, 0) is 57.1 Å². The first-order chi connectivity index (χ1) is 10.2. The summed E-state index contributed by atoms with van der Waals surface area (Å²) in [6.45, 7) is 10.1. The molecular weight excluding hydrogens is 274 g/mol. The fourth-order valence-electron chi connectivity index (χ4n) is 2.94. The largest absolute Gasteiger partial charge is 0.358 e. The molecule has 4 heteroatoms. The van der Waals surface area contributed by atoms with Gasteiger partial charge in [0.1, 0.15) is 0 Å². The number of aryl methyl sites for hydroxylation is 2. The van der Waals surface area contributed by atoms with Crippen LogP contribution in [0.25, 0.3) is 10.9 Å². The zero-order valence-corrected chi connectivity index (χ0v) is 14.5. The summed E-state index contributed by atoms with van der Waals surface area (Å²) in [6.07, 6.45) is 0. The fourth-order valence-corrected chi connectivity index (χ4v) is 2.94. The molecule has 0 saturated carbocycles. The Morgan fingerprint density at radius 3 is 2.59 bits per heavy atom. The van der Waals surface area contributed by atoms with Gasteiger partial charge in [0.2, 0.25) is 0 Å². The van der Waals surface area contributed by atoms with E-state index in [0.717, 1.165) is 28.7 Å². The summed E-state index contributed by atoms with van der Waals surface area (Å²) in [4.78, 5) is 17.9. The third-order valence-corrected chi connectivity index (χ3v) is 4.04. The van der Waals surface area contributed by atoms with Crippen molar-refractivity contribution in [1.29, 1.82) is 0 Å². The van der Waals surface area contributed by atoms with Crippen molar-refractivity contribution < 1.29 is 4.79 Å². The standard InChI is InChI=1S/C18H27N3O/c1-12-13(2)20-16-8-7-14(9-15(12)16)17(22)19-10-18(3,4)11-21(5)6/h7-9,20H,10-11H2,1-6H3,(H,19,22). The van der Waals surface area contributed by atoms with Gasteiger partial charge in [-0.1, -0.05) is 13.8 Å². The number of benzene rings is 1. The smallest absolute Gasteiger partial charge is 0.251 e. The number of amides is 1. The number of H-pyrrole nitrogens is 1. The summed E-state index contributed by atoms with van der Waals surface area (Å²) in [5, 5.41) is 4.18. The van der Waals surface area contributed by atoms with E-state index < -0.39 is 0 Å². The second-order valence-electron chi connectivity index (χ2n) is 7.22. The van der Waals surface area contributed by atoms with Gasteiger partial charge >= 0.3 is 0 Å². The minimum Gasteiger partial charge on any atom is -0.358 e. The van der Waals surface area contributed by atoms with Crippen molar-refractivity contribution in [3.8, 4) is 0 Å². The molecule has 0 bridgehead atoms. The number of carbonyl (C=O) groups excluding carboxylic acids is 1. The quantitative estimate of drug-likeness (QED) is 0.891. The van der Waals surface area contributed by atoms with Crippen molar-refractivity contribution in [1.82, 2.24) is 15.2 Å². The summed E-state index contributed by atoms with van der Waals surface area (Å²) in [7, 11) is 4.10. The number of carbonyl (C=O) groups is 1. The number of fused-ring (bicyclic) bond motifs is 1. The van der Waals surface area contributed by atoms with Gasteiger partial charge in [-0.15, -0.1) is 0 Å². The first-order valence-corrected chi connectivity index (χ1v) is 7.71. The molecule has 1 amide bonds. The molecule has 2 aromatic rings. The van der Waals surface area contributed by atoms with Crippen LogP contribution in [0.15, 0.2) is 18.2 Å². The van der Waals surface area contributed by atoms with Gasteiger partial charge in [0.25, 0.3) is 5.91 Å². The van der Waals surface area contributed by atoms with Crippen molar-refractivity contribution in [2.75, 3.05) is 27.2 Å². The molecule has 22 heavy (non-hydrogen) atoms. The molecule has 0 aliphatic heterocycles. The van der Waals surface area contributed by atoms with Gasteiger partial charge in [0.05, 0.1) is 0 Å². The highest BCUT2D eigenvalue weighted by molar-refractivity contribution is 5.99. The average molecular weight is 301 g/mol. The number of rotatable bonds is 5. The van der Waals surface area contributed by atoms with Gasteiger partial charge in [0, 0.05) is 35.2 Å². The van der Waals surface area contributed by atoms with Gasteiger partial charge in [-0.25, -0.2) is 0 Å². The molecule has 0 unspecified atom stereocenters. The molecule has 0 aliphatic carbocycles. The minimum absolute atomic E-state index is 0.00742. The molecule has 120 valence electrons. The number of nitrogens with zero attached hydrogens (tertiary/aromatic N) is 1. The lowest BCUT2D eigenvalue weighted by molar-refractivity contribution is 0.0929. The maximum Gasteiger partial charge on any atom is 0.251 e. The average Bonchev–Trinajstić information content (AvgIpc) is 2.70. The van der Waals surface area contributed by atoms with E-state index in [2.05, 4.69) is 57.0 Å². The number of aromatic nitrogens is 1. The van der Waals surface area contributed by atoms with Gasteiger partial charge in [0.15, 0.2) is 0 Å². The molecule has 0 radical (unpaired) electrons. The summed E-state index contributed by atoms with van der Waals surface area (Å²) in [5.41, 5.74) is 4.20. The third-order valence-electron chi connectivity index (χ3n) is 4.04. The van der Waals surface area contributed by atoms with Crippen molar-refractivity contribution in [2.24, 2.45) is 5.41 Å².